The van der Waals surface area contributed by atoms with Gasteiger partial charge in [0.25, 0.3) is 0 Å². The first-order chi connectivity index (χ1) is 6.18. The minimum atomic E-state index is 0.630. The van der Waals surface area contributed by atoms with Crippen molar-refractivity contribution in [2.75, 3.05) is 0 Å². The number of rotatable bonds is 3. The highest BCUT2D eigenvalue weighted by molar-refractivity contribution is 9.10. The third-order valence-corrected chi connectivity index (χ3v) is 3.38. The van der Waals surface area contributed by atoms with Crippen molar-refractivity contribution in [3.8, 4) is 0 Å². The van der Waals surface area contributed by atoms with Gasteiger partial charge in [-0.3, -0.25) is 0 Å². The molecule has 2 rings (SSSR count). The zero-order valence-corrected chi connectivity index (χ0v) is 9.84. The minimum absolute atomic E-state index is 0.630. The monoisotopic (exact) mass is 241 g/mol. The number of hydrogen-bond donors (Lipinski definition) is 0. The van der Waals surface area contributed by atoms with E-state index in [9.17, 15) is 0 Å². The molecule has 0 atom stereocenters. The van der Waals surface area contributed by atoms with E-state index in [1.807, 2.05) is 0 Å². The van der Waals surface area contributed by atoms with Crippen LogP contribution in [0.3, 0.4) is 0 Å². The largest absolute Gasteiger partial charge is 0.339 e. The summed E-state index contributed by atoms with van der Waals surface area (Å²) in [5.41, 5.74) is 1.46. The van der Waals surface area contributed by atoms with Crippen LogP contribution in [0, 0.1) is 5.92 Å². The van der Waals surface area contributed by atoms with Crippen molar-refractivity contribution in [2.45, 2.75) is 39.2 Å². The summed E-state index contributed by atoms with van der Waals surface area (Å²) in [6, 6.07) is 4.40. The van der Waals surface area contributed by atoms with Crippen molar-refractivity contribution in [1.29, 1.82) is 0 Å². The van der Waals surface area contributed by atoms with Crippen LogP contribution in [0.4, 0.5) is 0 Å². The maximum atomic E-state index is 3.60. The molecule has 0 aromatic carbocycles. The first kappa shape index (κ1) is 9.32. The van der Waals surface area contributed by atoms with E-state index in [4.69, 9.17) is 0 Å². The van der Waals surface area contributed by atoms with E-state index < -0.39 is 0 Å². The zero-order chi connectivity index (χ0) is 9.42. The Balaban J connectivity index is 2.22. The first-order valence-corrected chi connectivity index (χ1v) is 5.82. The molecular formula is C11H16BrN. The molecule has 1 aromatic heterocycles. The molecule has 1 fully saturated rings. The van der Waals surface area contributed by atoms with Gasteiger partial charge in [-0.25, -0.2) is 0 Å². The van der Waals surface area contributed by atoms with Gasteiger partial charge < -0.3 is 4.57 Å². The molecule has 0 N–H and O–H groups in total. The summed E-state index contributed by atoms with van der Waals surface area (Å²) in [6.07, 6.45) is 2.84. The topological polar surface area (TPSA) is 4.93 Å². The van der Waals surface area contributed by atoms with Crippen LogP contribution in [-0.2, 0) is 6.54 Å². The molecule has 0 aliphatic heterocycles. The van der Waals surface area contributed by atoms with Crippen LogP contribution in [0.15, 0.2) is 16.7 Å². The third kappa shape index (κ3) is 1.98. The highest BCUT2D eigenvalue weighted by atomic mass is 79.9. The summed E-state index contributed by atoms with van der Waals surface area (Å²) < 4.78 is 3.66. The number of halogens is 1. The van der Waals surface area contributed by atoms with Gasteiger partial charge in [0.2, 0.25) is 0 Å². The molecule has 1 aliphatic rings. The lowest BCUT2D eigenvalue weighted by Crippen LogP contribution is -2.05. The lowest BCUT2D eigenvalue weighted by atomic mass is 10.1. The number of hydrogen-bond acceptors (Lipinski definition) is 0. The zero-order valence-electron chi connectivity index (χ0n) is 8.26. The Labute approximate surface area is 88.3 Å². The fraction of sp³-hybridized carbons (Fsp3) is 0.636. The van der Waals surface area contributed by atoms with Crippen LogP contribution in [0.1, 0.15) is 38.3 Å². The molecule has 1 nitrogen and oxygen atoms in total. The molecule has 1 aromatic rings. The summed E-state index contributed by atoms with van der Waals surface area (Å²) in [6.45, 7) is 5.72. The Morgan fingerprint density at radius 2 is 2.15 bits per heavy atom. The van der Waals surface area contributed by atoms with Gasteiger partial charge >= 0.3 is 0 Å². The van der Waals surface area contributed by atoms with E-state index in [-0.39, 0.29) is 0 Å². The fourth-order valence-corrected chi connectivity index (χ4v) is 2.19. The number of aromatic nitrogens is 1. The van der Waals surface area contributed by atoms with E-state index in [1.54, 1.807) is 0 Å². The molecule has 0 spiro atoms. The standard InChI is InChI=1S/C11H16BrN/c1-8(2)10-5-6-11(12)13(10)7-9-3-4-9/h5-6,8-9H,3-4,7H2,1-2H3. The van der Waals surface area contributed by atoms with Crippen molar-refractivity contribution in [1.82, 2.24) is 4.57 Å². The molecule has 1 heterocycles. The van der Waals surface area contributed by atoms with E-state index in [1.165, 1.54) is 29.7 Å². The van der Waals surface area contributed by atoms with Crippen LogP contribution in [0.2, 0.25) is 0 Å². The highest BCUT2D eigenvalue weighted by Crippen LogP contribution is 2.33. The van der Waals surface area contributed by atoms with Crippen molar-refractivity contribution < 1.29 is 0 Å². The van der Waals surface area contributed by atoms with E-state index in [0.29, 0.717) is 5.92 Å². The van der Waals surface area contributed by atoms with Crippen molar-refractivity contribution in [3.63, 3.8) is 0 Å². The quantitative estimate of drug-likeness (QED) is 0.760. The molecular weight excluding hydrogens is 226 g/mol. The molecule has 72 valence electrons. The van der Waals surface area contributed by atoms with Gasteiger partial charge in [0, 0.05) is 12.2 Å². The van der Waals surface area contributed by atoms with Gasteiger partial charge in [-0.05, 0) is 52.7 Å². The minimum Gasteiger partial charge on any atom is -0.339 e. The maximum Gasteiger partial charge on any atom is 0.0848 e. The molecule has 1 aliphatic carbocycles. The lowest BCUT2D eigenvalue weighted by Gasteiger charge is -2.12. The fourth-order valence-electron chi connectivity index (χ4n) is 1.71. The average Bonchev–Trinajstić information content (AvgIpc) is 2.78. The number of nitrogens with zero attached hydrogens (tertiary/aromatic N) is 1. The Bertz CT molecular complexity index is 297. The smallest absolute Gasteiger partial charge is 0.0848 e. The second-order valence-corrected chi connectivity index (χ2v) is 5.10. The highest BCUT2D eigenvalue weighted by Gasteiger charge is 2.23. The van der Waals surface area contributed by atoms with Crippen molar-refractivity contribution in [3.05, 3.63) is 22.4 Å². The second-order valence-electron chi connectivity index (χ2n) is 4.29. The molecule has 0 unspecified atom stereocenters. The van der Waals surface area contributed by atoms with Crippen molar-refractivity contribution >= 4 is 15.9 Å². The van der Waals surface area contributed by atoms with Crippen LogP contribution in [0.25, 0.3) is 0 Å². The summed E-state index contributed by atoms with van der Waals surface area (Å²) in [5.74, 6) is 1.58. The van der Waals surface area contributed by atoms with Crippen LogP contribution in [-0.4, -0.2) is 4.57 Å². The molecule has 1 saturated carbocycles. The van der Waals surface area contributed by atoms with Crippen molar-refractivity contribution in [2.24, 2.45) is 5.92 Å². The van der Waals surface area contributed by atoms with E-state index in [0.717, 1.165) is 5.92 Å². The van der Waals surface area contributed by atoms with Gasteiger partial charge in [-0.15, -0.1) is 0 Å². The maximum absolute atomic E-state index is 3.60. The molecule has 0 amide bonds. The van der Waals surface area contributed by atoms with Crippen LogP contribution in [0.5, 0.6) is 0 Å². The van der Waals surface area contributed by atoms with Gasteiger partial charge in [-0.2, -0.15) is 0 Å². The van der Waals surface area contributed by atoms with Gasteiger partial charge in [0.05, 0.1) is 4.60 Å². The van der Waals surface area contributed by atoms with Crippen LogP contribution >= 0.6 is 15.9 Å². The molecule has 0 saturated heterocycles. The average molecular weight is 242 g/mol. The van der Waals surface area contributed by atoms with E-state index in [2.05, 4.69) is 46.5 Å². The van der Waals surface area contributed by atoms with Gasteiger partial charge in [0.15, 0.2) is 0 Å². The van der Waals surface area contributed by atoms with E-state index >= 15 is 0 Å². The first-order valence-electron chi connectivity index (χ1n) is 5.03. The second kappa shape index (κ2) is 3.49. The normalized spacial score (nSPS) is 16.9. The molecule has 0 bridgehead atoms. The van der Waals surface area contributed by atoms with Gasteiger partial charge in [0.1, 0.15) is 0 Å². The predicted molar refractivity (Wildman–Crippen MR) is 58.9 cm³/mol. The molecule has 2 heteroatoms. The Hall–Kier alpha value is -0.240. The molecule has 13 heavy (non-hydrogen) atoms. The summed E-state index contributed by atoms with van der Waals surface area (Å²) >= 11 is 3.60. The Morgan fingerprint density at radius 1 is 1.46 bits per heavy atom. The third-order valence-electron chi connectivity index (χ3n) is 2.69. The summed E-state index contributed by atoms with van der Waals surface area (Å²) in [7, 11) is 0. The van der Waals surface area contributed by atoms with Crippen LogP contribution < -0.4 is 0 Å². The SMILES string of the molecule is CC(C)c1ccc(Br)n1CC1CC1. The lowest BCUT2D eigenvalue weighted by molar-refractivity contribution is 0.578. The van der Waals surface area contributed by atoms with Gasteiger partial charge in [-0.1, -0.05) is 13.8 Å². The molecule has 0 radical (unpaired) electrons. The Morgan fingerprint density at radius 3 is 2.69 bits per heavy atom. The Kier molecular flexibility index (Phi) is 2.50. The summed E-state index contributed by atoms with van der Waals surface area (Å²) in [5, 5.41) is 0. The summed E-state index contributed by atoms with van der Waals surface area (Å²) in [4.78, 5) is 0. The predicted octanol–water partition coefficient (Wildman–Crippen LogP) is 3.78.